The molecule has 1 heterocycles. The molecule has 20 heavy (non-hydrogen) atoms. The van der Waals surface area contributed by atoms with E-state index in [0.29, 0.717) is 18.8 Å². The Hall–Kier alpha value is -1.01. The standard InChI is InChI=1S/C13H17Cl2N3O2/c1-18-2-3-20-9(7-18)6-17-13(19)10-4-8(16)5-11(14)12(10)15/h4-5,9H,2-3,6-7,16H2,1H3,(H,17,19). The quantitative estimate of drug-likeness (QED) is 0.832. The molecule has 0 bridgehead atoms. The van der Waals surface area contributed by atoms with Crippen LogP contribution in [-0.2, 0) is 4.74 Å². The van der Waals surface area contributed by atoms with E-state index in [0.717, 1.165) is 13.1 Å². The Morgan fingerprint density at radius 3 is 3.00 bits per heavy atom. The number of carbonyl (C=O) groups is 1. The van der Waals surface area contributed by atoms with Crippen molar-refractivity contribution in [2.75, 3.05) is 39.0 Å². The van der Waals surface area contributed by atoms with Gasteiger partial charge in [0.1, 0.15) is 0 Å². The highest BCUT2D eigenvalue weighted by Crippen LogP contribution is 2.28. The van der Waals surface area contributed by atoms with Gasteiger partial charge in [-0.2, -0.15) is 0 Å². The number of halogens is 2. The molecule has 1 aromatic rings. The summed E-state index contributed by atoms with van der Waals surface area (Å²) in [5, 5.41) is 3.27. The van der Waals surface area contributed by atoms with Gasteiger partial charge in [0.2, 0.25) is 0 Å². The minimum Gasteiger partial charge on any atom is -0.399 e. The molecule has 1 atom stereocenters. The average molecular weight is 318 g/mol. The first-order valence-corrected chi connectivity index (χ1v) is 7.06. The number of nitrogens with zero attached hydrogens (tertiary/aromatic N) is 1. The maximum atomic E-state index is 12.1. The Kier molecular flexibility index (Phi) is 5.10. The summed E-state index contributed by atoms with van der Waals surface area (Å²) in [6, 6.07) is 3.03. The van der Waals surface area contributed by atoms with Crippen molar-refractivity contribution in [3.05, 3.63) is 27.7 Å². The van der Waals surface area contributed by atoms with Crippen LogP contribution in [-0.4, -0.2) is 50.2 Å². The molecule has 7 heteroatoms. The third-order valence-electron chi connectivity index (χ3n) is 3.13. The molecule has 1 fully saturated rings. The summed E-state index contributed by atoms with van der Waals surface area (Å²) in [7, 11) is 2.02. The normalized spacial score (nSPS) is 19.9. The fourth-order valence-electron chi connectivity index (χ4n) is 2.07. The molecule has 1 aliphatic heterocycles. The van der Waals surface area contributed by atoms with Crippen LogP contribution in [0.4, 0.5) is 5.69 Å². The molecule has 0 aliphatic carbocycles. The molecule has 0 aromatic heterocycles. The lowest BCUT2D eigenvalue weighted by atomic mass is 10.2. The molecule has 1 aliphatic rings. The van der Waals surface area contributed by atoms with Gasteiger partial charge in [-0.25, -0.2) is 0 Å². The van der Waals surface area contributed by atoms with Crippen LogP contribution < -0.4 is 11.1 Å². The number of morpholine rings is 1. The molecule has 1 saturated heterocycles. The van der Waals surface area contributed by atoms with Gasteiger partial charge in [0, 0.05) is 25.3 Å². The van der Waals surface area contributed by atoms with Gasteiger partial charge in [0.25, 0.3) is 5.91 Å². The van der Waals surface area contributed by atoms with Gasteiger partial charge in [0.05, 0.1) is 28.3 Å². The van der Waals surface area contributed by atoms with E-state index in [2.05, 4.69) is 10.2 Å². The highest BCUT2D eigenvalue weighted by molar-refractivity contribution is 6.44. The number of ether oxygens (including phenoxy) is 1. The molecule has 3 N–H and O–H groups in total. The summed E-state index contributed by atoms with van der Waals surface area (Å²) in [6.45, 7) is 2.78. The molecule has 0 saturated carbocycles. The second-order valence-electron chi connectivity index (χ2n) is 4.83. The van der Waals surface area contributed by atoms with Crippen molar-refractivity contribution >= 4 is 34.8 Å². The van der Waals surface area contributed by atoms with Crippen LogP contribution in [0.1, 0.15) is 10.4 Å². The van der Waals surface area contributed by atoms with Crippen molar-refractivity contribution < 1.29 is 9.53 Å². The summed E-state index contributed by atoms with van der Waals surface area (Å²) < 4.78 is 5.57. The number of nitrogens with one attached hydrogen (secondary N) is 1. The third-order valence-corrected chi connectivity index (χ3v) is 3.93. The number of anilines is 1. The smallest absolute Gasteiger partial charge is 0.253 e. The molecule has 0 radical (unpaired) electrons. The van der Waals surface area contributed by atoms with Crippen LogP contribution in [0.25, 0.3) is 0 Å². The van der Waals surface area contributed by atoms with Crippen LogP contribution in [0.2, 0.25) is 10.0 Å². The number of likely N-dealkylation sites (N-methyl/N-ethyl adjacent to an activating group) is 1. The van der Waals surface area contributed by atoms with Crippen molar-refractivity contribution in [3.63, 3.8) is 0 Å². The Morgan fingerprint density at radius 1 is 1.55 bits per heavy atom. The van der Waals surface area contributed by atoms with Gasteiger partial charge in [-0.3, -0.25) is 4.79 Å². The first-order chi connectivity index (χ1) is 9.47. The Balaban J connectivity index is 1.98. The van der Waals surface area contributed by atoms with Gasteiger partial charge in [0.15, 0.2) is 0 Å². The Bertz CT molecular complexity index is 511. The molecular weight excluding hydrogens is 301 g/mol. The molecule has 1 aromatic carbocycles. The van der Waals surface area contributed by atoms with E-state index < -0.39 is 0 Å². The molecule has 1 unspecified atom stereocenters. The van der Waals surface area contributed by atoms with Gasteiger partial charge < -0.3 is 20.7 Å². The van der Waals surface area contributed by atoms with Crippen molar-refractivity contribution in [1.29, 1.82) is 0 Å². The summed E-state index contributed by atoms with van der Waals surface area (Å²) >= 11 is 11.9. The lowest BCUT2D eigenvalue weighted by molar-refractivity contribution is -0.0175. The van der Waals surface area contributed by atoms with E-state index in [-0.39, 0.29) is 27.6 Å². The van der Waals surface area contributed by atoms with Crippen molar-refractivity contribution in [2.45, 2.75) is 6.10 Å². The number of nitrogens with two attached hydrogens (primary N) is 1. The second-order valence-corrected chi connectivity index (χ2v) is 5.61. The summed E-state index contributed by atoms with van der Waals surface area (Å²) in [5.41, 5.74) is 6.35. The predicted molar refractivity (Wildman–Crippen MR) is 80.4 cm³/mol. The van der Waals surface area contributed by atoms with E-state index >= 15 is 0 Å². The fraction of sp³-hybridized carbons (Fsp3) is 0.462. The molecular formula is C13H17Cl2N3O2. The van der Waals surface area contributed by atoms with Crippen LogP contribution in [0, 0.1) is 0 Å². The monoisotopic (exact) mass is 317 g/mol. The van der Waals surface area contributed by atoms with Gasteiger partial charge in [-0.15, -0.1) is 0 Å². The van der Waals surface area contributed by atoms with Crippen LogP contribution in [0.5, 0.6) is 0 Å². The van der Waals surface area contributed by atoms with E-state index in [4.69, 9.17) is 33.7 Å². The van der Waals surface area contributed by atoms with Crippen molar-refractivity contribution in [3.8, 4) is 0 Å². The number of rotatable bonds is 3. The molecule has 5 nitrogen and oxygen atoms in total. The lowest BCUT2D eigenvalue weighted by Crippen LogP contribution is -2.45. The number of carbonyl (C=O) groups excluding carboxylic acids is 1. The number of nitrogen functional groups attached to an aromatic ring is 1. The summed E-state index contributed by atoms with van der Waals surface area (Å²) in [5.74, 6) is -0.305. The van der Waals surface area contributed by atoms with Crippen molar-refractivity contribution in [2.24, 2.45) is 0 Å². The lowest BCUT2D eigenvalue weighted by Gasteiger charge is -2.30. The molecule has 0 spiro atoms. The average Bonchev–Trinajstić information content (AvgIpc) is 2.40. The minimum absolute atomic E-state index is 0.0204. The largest absolute Gasteiger partial charge is 0.399 e. The molecule has 110 valence electrons. The Labute approximate surface area is 128 Å². The molecule has 2 rings (SSSR count). The fourth-order valence-corrected chi connectivity index (χ4v) is 2.49. The topological polar surface area (TPSA) is 67.6 Å². The maximum Gasteiger partial charge on any atom is 0.253 e. The maximum absolute atomic E-state index is 12.1. The van der Waals surface area contributed by atoms with E-state index in [1.807, 2.05) is 7.05 Å². The second kappa shape index (κ2) is 6.63. The van der Waals surface area contributed by atoms with Crippen molar-refractivity contribution in [1.82, 2.24) is 10.2 Å². The first-order valence-electron chi connectivity index (χ1n) is 6.30. The van der Waals surface area contributed by atoms with Crippen LogP contribution in [0.3, 0.4) is 0 Å². The number of benzene rings is 1. The van der Waals surface area contributed by atoms with Gasteiger partial charge >= 0.3 is 0 Å². The van der Waals surface area contributed by atoms with E-state index in [1.165, 1.54) is 12.1 Å². The van der Waals surface area contributed by atoms with Crippen LogP contribution in [0.15, 0.2) is 12.1 Å². The zero-order valence-corrected chi connectivity index (χ0v) is 12.7. The SMILES string of the molecule is CN1CCOC(CNC(=O)c2cc(N)cc(Cl)c2Cl)C1. The highest BCUT2D eigenvalue weighted by atomic mass is 35.5. The van der Waals surface area contributed by atoms with E-state index in [9.17, 15) is 4.79 Å². The zero-order chi connectivity index (χ0) is 14.7. The number of amides is 1. The van der Waals surface area contributed by atoms with Crippen LogP contribution >= 0.6 is 23.2 Å². The Morgan fingerprint density at radius 2 is 2.30 bits per heavy atom. The van der Waals surface area contributed by atoms with E-state index in [1.54, 1.807) is 0 Å². The number of hydrogen-bond donors (Lipinski definition) is 2. The highest BCUT2D eigenvalue weighted by Gasteiger charge is 2.20. The zero-order valence-electron chi connectivity index (χ0n) is 11.2. The number of hydrogen-bond acceptors (Lipinski definition) is 4. The molecule has 1 amide bonds. The van der Waals surface area contributed by atoms with Gasteiger partial charge in [-0.1, -0.05) is 23.2 Å². The minimum atomic E-state index is -0.305. The predicted octanol–water partition coefficient (Wildman–Crippen LogP) is 1.64. The van der Waals surface area contributed by atoms with Gasteiger partial charge in [-0.05, 0) is 19.2 Å². The third kappa shape index (κ3) is 3.76. The first kappa shape index (κ1) is 15.4. The summed E-state index contributed by atoms with van der Waals surface area (Å²) in [6.07, 6.45) is -0.0204. The summed E-state index contributed by atoms with van der Waals surface area (Å²) in [4.78, 5) is 14.3.